The van der Waals surface area contributed by atoms with Gasteiger partial charge in [-0.3, -0.25) is 9.59 Å². The van der Waals surface area contributed by atoms with Crippen LogP contribution in [0.1, 0.15) is 40.0 Å². The van der Waals surface area contributed by atoms with Gasteiger partial charge in [0.1, 0.15) is 6.10 Å². The van der Waals surface area contributed by atoms with Crippen molar-refractivity contribution >= 4 is 11.9 Å². The number of ether oxygens (including phenoxy) is 2. The number of allylic oxidation sites excluding steroid dienone is 1. The summed E-state index contributed by atoms with van der Waals surface area (Å²) in [4.78, 5) is 22.6. The minimum Gasteiger partial charge on any atom is -0.465 e. The molecule has 2 aliphatic heterocycles. The van der Waals surface area contributed by atoms with Gasteiger partial charge in [0.2, 0.25) is 0 Å². The van der Waals surface area contributed by atoms with Crippen LogP contribution in [-0.4, -0.2) is 24.6 Å². The van der Waals surface area contributed by atoms with Crippen molar-refractivity contribution in [1.82, 2.24) is 0 Å². The molecule has 2 saturated heterocycles. The molecule has 4 heteroatoms. The third-order valence-electron chi connectivity index (χ3n) is 4.14. The van der Waals surface area contributed by atoms with Crippen molar-refractivity contribution in [3.05, 3.63) is 11.6 Å². The fourth-order valence-corrected chi connectivity index (χ4v) is 2.67. The molecule has 0 spiro atoms. The molecular formula is C15H22O4. The van der Waals surface area contributed by atoms with E-state index in [1.807, 2.05) is 13.8 Å². The Hall–Kier alpha value is -1.32. The van der Waals surface area contributed by atoms with Gasteiger partial charge in [0.15, 0.2) is 0 Å². The predicted octanol–water partition coefficient (Wildman–Crippen LogP) is 2.47. The first kappa shape index (κ1) is 14.1. The smallest absolute Gasteiger partial charge is 0.309 e. The maximum Gasteiger partial charge on any atom is 0.309 e. The molecule has 2 aliphatic rings. The highest BCUT2D eigenvalue weighted by Crippen LogP contribution is 2.28. The van der Waals surface area contributed by atoms with E-state index in [1.165, 1.54) is 5.57 Å². The molecule has 0 radical (unpaired) electrons. The fourth-order valence-electron chi connectivity index (χ4n) is 2.67. The number of hydrogen-bond donors (Lipinski definition) is 0. The lowest BCUT2D eigenvalue weighted by Crippen LogP contribution is -2.11. The molecular weight excluding hydrogens is 244 g/mol. The lowest BCUT2D eigenvalue weighted by molar-refractivity contribution is -0.144. The molecule has 4 nitrogen and oxygen atoms in total. The summed E-state index contributed by atoms with van der Waals surface area (Å²) >= 11 is 0. The van der Waals surface area contributed by atoms with Gasteiger partial charge in [-0.1, -0.05) is 25.5 Å². The summed E-state index contributed by atoms with van der Waals surface area (Å²) in [5, 5.41) is 0. The Kier molecular flexibility index (Phi) is 4.27. The van der Waals surface area contributed by atoms with E-state index in [2.05, 4.69) is 13.0 Å². The molecule has 0 aliphatic carbocycles. The monoisotopic (exact) mass is 266 g/mol. The molecule has 2 rings (SSSR count). The third kappa shape index (κ3) is 3.37. The third-order valence-corrected chi connectivity index (χ3v) is 4.14. The summed E-state index contributed by atoms with van der Waals surface area (Å²) in [5.74, 6) is 0.135. The first-order chi connectivity index (χ1) is 8.97. The Morgan fingerprint density at radius 3 is 2.58 bits per heavy atom. The first-order valence-electron chi connectivity index (χ1n) is 7.00. The molecule has 4 atom stereocenters. The number of cyclic esters (lactones) is 2. The summed E-state index contributed by atoms with van der Waals surface area (Å²) in [7, 11) is 0. The van der Waals surface area contributed by atoms with Crippen molar-refractivity contribution in [2.24, 2.45) is 17.8 Å². The second-order valence-electron chi connectivity index (χ2n) is 5.86. The van der Waals surface area contributed by atoms with Crippen LogP contribution < -0.4 is 0 Å². The van der Waals surface area contributed by atoms with Gasteiger partial charge >= 0.3 is 11.9 Å². The Morgan fingerprint density at radius 2 is 2.05 bits per heavy atom. The molecule has 0 saturated carbocycles. The quantitative estimate of drug-likeness (QED) is 0.579. The van der Waals surface area contributed by atoms with E-state index in [0.29, 0.717) is 6.61 Å². The number of rotatable bonds is 4. The zero-order chi connectivity index (χ0) is 14.0. The van der Waals surface area contributed by atoms with E-state index in [4.69, 9.17) is 9.47 Å². The van der Waals surface area contributed by atoms with Crippen LogP contribution in [0.15, 0.2) is 11.6 Å². The molecule has 0 bridgehead atoms. The lowest BCUT2D eigenvalue weighted by atomic mass is 9.92. The van der Waals surface area contributed by atoms with Crippen LogP contribution in [0, 0.1) is 17.8 Å². The van der Waals surface area contributed by atoms with E-state index in [-0.39, 0.29) is 35.8 Å². The average molecular weight is 266 g/mol. The van der Waals surface area contributed by atoms with Crippen molar-refractivity contribution in [1.29, 1.82) is 0 Å². The number of carbonyl (C=O) groups excluding carboxylic acids is 2. The van der Waals surface area contributed by atoms with Crippen LogP contribution in [0.25, 0.3) is 0 Å². The van der Waals surface area contributed by atoms with Crippen LogP contribution in [0.5, 0.6) is 0 Å². The summed E-state index contributed by atoms with van der Waals surface area (Å²) in [5.41, 5.74) is 1.22. The molecule has 0 N–H and O–H groups in total. The second-order valence-corrected chi connectivity index (χ2v) is 5.86. The Labute approximate surface area is 114 Å². The Bertz CT molecular complexity index is 399. The minimum atomic E-state index is -0.0883. The molecule has 2 fully saturated rings. The van der Waals surface area contributed by atoms with Crippen molar-refractivity contribution in [3.63, 3.8) is 0 Å². The molecule has 106 valence electrons. The fraction of sp³-hybridized carbons (Fsp3) is 0.733. The van der Waals surface area contributed by atoms with E-state index in [1.54, 1.807) is 0 Å². The summed E-state index contributed by atoms with van der Waals surface area (Å²) < 4.78 is 10.3. The van der Waals surface area contributed by atoms with Crippen LogP contribution in [0.4, 0.5) is 0 Å². The van der Waals surface area contributed by atoms with Crippen molar-refractivity contribution in [2.75, 3.05) is 6.61 Å². The van der Waals surface area contributed by atoms with Gasteiger partial charge in [-0.15, -0.1) is 0 Å². The topological polar surface area (TPSA) is 52.6 Å². The standard InChI is InChI=1S/C15H22O4/c1-9(6-13-7-10(2)14(16)19-13)4-5-12-8-18-15(17)11(12)3/h4,10-13H,5-8H2,1-3H3/b9-4+. The highest BCUT2D eigenvalue weighted by molar-refractivity contribution is 5.74. The molecule has 0 aromatic heterocycles. The largest absolute Gasteiger partial charge is 0.465 e. The number of esters is 2. The van der Waals surface area contributed by atoms with E-state index in [9.17, 15) is 9.59 Å². The normalized spacial score (nSPS) is 35.4. The minimum absolute atomic E-state index is 0.00613. The predicted molar refractivity (Wildman–Crippen MR) is 70.3 cm³/mol. The number of hydrogen-bond acceptors (Lipinski definition) is 4. The summed E-state index contributed by atoms with van der Waals surface area (Å²) in [6, 6.07) is 0. The Balaban J connectivity index is 1.80. The molecule has 2 heterocycles. The zero-order valence-electron chi connectivity index (χ0n) is 11.8. The van der Waals surface area contributed by atoms with E-state index in [0.717, 1.165) is 19.3 Å². The van der Waals surface area contributed by atoms with Gasteiger partial charge < -0.3 is 9.47 Å². The highest BCUT2D eigenvalue weighted by atomic mass is 16.6. The SMILES string of the molecule is C/C(=C\CC1COC(=O)C1C)CC1CC(C)C(=O)O1. The maximum absolute atomic E-state index is 11.3. The van der Waals surface area contributed by atoms with Gasteiger partial charge in [-0.25, -0.2) is 0 Å². The molecule has 0 aromatic rings. The van der Waals surface area contributed by atoms with Crippen LogP contribution in [-0.2, 0) is 19.1 Å². The first-order valence-corrected chi connectivity index (χ1v) is 7.00. The second kappa shape index (κ2) is 5.76. The van der Waals surface area contributed by atoms with E-state index < -0.39 is 0 Å². The van der Waals surface area contributed by atoms with Gasteiger partial charge in [-0.2, -0.15) is 0 Å². The highest BCUT2D eigenvalue weighted by Gasteiger charge is 2.33. The summed E-state index contributed by atoms with van der Waals surface area (Å²) in [6.07, 6.45) is 4.64. The van der Waals surface area contributed by atoms with Crippen LogP contribution in [0.3, 0.4) is 0 Å². The van der Waals surface area contributed by atoms with E-state index >= 15 is 0 Å². The molecule has 0 amide bonds. The maximum atomic E-state index is 11.3. The summed E-state index contributed by atoms with van der Waals surface area (Å²) in [6.45, 7) is 6.41. The van der Waals surface area contributed by atoms with Gasteiger partial charge in [-0.05, 0) is 19.8 Å². The lowest BCUT2D eigenvalue weighted by Gasteiger charge is -2.11. The zero-order valence-corrected chi connectivity index (χ0v) is 11.8. The van der Waals surface area contributed by atoms with Gasteiger partial charge in [0.25, 0.3) is 0 Å². The van der Waals surface area contributed by atoms with Crippen molar-refractivity contribution < 1.29 is 19.1 Å². The molecule has 4 unspecified atom stereocenters. The van der Waals surface area contributed by atoms with Gasteiger partial charge in [0, 0.05) is 12.3 Å². The van der Waals surface area contributed by atoms with Crippen molar-refractivity contribution in [3.8, 4) is 0 Å². The van der Waals surface area contributed by atoms with Gasteiger partial charge in [0.05, 0.1) is 18.4 Å². The van der Waals surface area contributed by atoms with Crippen molar-refractivity contribution in [2.45, 2.75) is 46.1 Å². The number of carbonyl (C=O) groups is 2. The molecule has 0 aromatic carbocycles. The average Bonchev–Trinajstić information content (AvgIpc) is 2.82. The van der Waals surface area contributed by atoms with Crippen LogP contribution >= 0.6 is 0 Å². The molecule has 19 heavy (non-hydrogen) atoms. The Morgan fingerprint density at radius 1 is 1.32 bits per heavy atom. The van der Waals surface area contributed by atoms with Crippen LogP contribution in [0.2, 0.25) is 0 Å².